The molecule has 0 amide bonds. The average Bonchev–Trinajstić information content (AvgIpc) is 2.62. The molecular formula is C20H14BrNO2. The highest BCUT2D eigenvalue weighted by Gasteiger charge is 2.11. The molecule has 0 radical (unpaired) electrons. The minimum absolute atomic E-state index is 0.185. The van der Waals surface area contributed by atoms with Gasteiger partial charge in [-0.3, -0.25) is 4.98 Å². The topological polar surface area (TPSA) is 50.2 Å². The van der Waals surface area contributed by atoms with Crippen LogP contribution in [-0.2, 0) is 0 Å². The van der Waals surface area contributed by atoms with Gasteiger partial charge < -0.3 is 5.11 Å². The van der Waals surface area contributed by atoms with Crippen molar-refractivity contribution in [2.45, 2.75) is 0 Å². The molecule has 118 valence electrons. The quantitative estimate of drug-likeness (QED) is 0.661. The molecule has 0 saturated heterocycles. The SMILES string of the molecule is O=C(O)c1cc(-c2ccccc2)cnc1/C=C/c1ccc(Br)cc1. The highest BCUT2D eigenvalue weighted by atomic mass is 79.9. The Labute approximate surface area is 148 Å². The maximum Gasteiger partial charge on any atom is 0.337 e. The van der Waals surface area contributed by atoms with E-state index >= 15 is 0 Å². The van der Waals surface area contributed by atoms with Crippen molar-refractivity contribution in [1.29, 1.82) is 0 Å². The van der Waals surface area contributed by atoms with E-state index in [1.54, 1.807) is 18.3 Å². The van der Waals surface area contributed by atoms with Crippen LogP contribution in [0.2, 0.25) is 0 Å². The third kappa shape index (κ3) is 3.78. The maximum absolute atomic E-state index is 11.6. The number of nitrogens with zero attached hydrogens (tertiary/aromatic N) is 1. The van der Waals surface area contributed by atoms with Crippen LogP contribution in [-0.4, -0.2) is 16.1 Å². The lowest BCUT2D eigenvalue weighted by Crippen LogP contribution is -2.02. The summed E-state index contributed by atoms with van der Waals surface area (Å²) in [5.41, 5.74) is 3.32. The van der Waals surface area contributed by atoms with Crippen LogP contribution < -0.4 is 0 Å². The Kier molecular flexibility index (Phi) is 4.87. The van der Waals surface area contributed by atoms with Crippen molar-refractivity contribution in [3.63, 3.8) is 0 Å². The van der Waals surface area contributed by atoms with E-state index in [2.05, 4.69) is 20.9 Å². The number of carbonyl (C=O) groups is 1. The number of pyridine rings is 1. The van der Waals surface area contributed by atoms with Gasteiger partial charge in [-0.2, -0.15) is 0 Å². The summed E-state index contributed by atoms with van der Waals surface area (Å²) in [6.07, 6.45) is 5.27. The number of hydrogen-bond donors (Lipinski definition) is 1. The van der Waals surface area contributed by atoms with Gasteiger partial charge in [-0.25, -0.2) is 4.79 Å². The summed E-state index contributed by atoms with van der Waals surface area (Å²) < 4.78 is 0.996. The van der Waals surface area contributed by atoms with Crippen LogP contribution in [0.15, 0.2) is 71.3 Å². The van der Waals surface area contributed by atoms with Gasteiger partial charge in [0.2, 0.25) is 0 Å². The molecule has 0 bridgehead atoms. The third-order valence-corrected chi connectivity index (χ3v) is 4.09. The van der Waals surface area contributed by atoms with Gasteiger partial charge in [0.1, 0.15) is 0 Å². The highest BCUT2D eigenvalue weighted by molar-refractivity contribution is 9.10. The molecule has 0 atom stereocenters. The van der Waals surface area contributed by atoms with Gasteiger partial charge in [0.15, 0.2) is 0 Å². The van der Waals surface area contributed by atoms with Crippen molar-refractivity contribution in [3.05, 3.63) is 88.2 Å². The Hall–Kier alpha value is -2.72. The summed E-state index contributed by atoms with van der Waals surface area (Å²) in [7, 11) is 0. The summed E-state index contributed by atoms with van der Waals surface area (Å²) in [5, 5.41) is 9.49. The zero-order valence-corrected chi connectivity index (χ0v) is 14.3. The molecule has 0 saturated carbocycles. The molecule has 2 aromatic carbocycles. The number of aromatic carboxylic acids is 1. The van der Waals surface area contributed by atoms with Crippen LogP contribution in [0.5, 0.6) is 0 Å². The fourth-order valence-corrected chi connectivity index (χ4v) is 2.58. The molecule has 3 rings (SSSR count). The molecule has 4 heteroatoms. The summed E-state index contributed by atoms with van der Waals surface area (Å²) in [6.45, 7) is 0. The first kappa shape index (κ1) is 16.1. The number of carboxylic acid groups (broad SMARTS) is 1. The number of aromatic nitrogens is 1. The van der Waals surface area contributed by atoms with Crippen molar-refractivity contribution >= 4 is 34.1 Å². The number of carboxylic acids is 1. The van der Waals surface area contributed by atoms with E-state index in [0.29, 0.717) is 5.69 Å². The zero-order chi connectivity index (χ0) is 16.9. The van der Waals surface area contributed by atoms with E-state index < -0.39 is 5.97 Å². The van der Waals surface area contributed by atoms with Gasteiger partial charge in [0.05, 0.1) is 11.3 Å². The van der Waals surface area contributed by atoms with Gasteiger partial charge in [-0.1, -0.05) is 64.5 Å². The minimum Gasteiger partial charge on any atom is -0.478 e. The smallest absolute Gasteiger partial charge is 0.337 e. The Morgan fingerprint density at radius 3 is 2.33 bits per heavy atom. The maximum atomic E-state index is 11.6. The van der Waals surface area contributed by atoms with Crippen LogP contribution in [0.3, 0.4) is 0 Å². The second kappa shape index (κ2) is 7.23. The van der Waals surface area contributed by atoms with Crippen molar-refractivity contribution < 1.29 is 9.90 Å². The second-order valence-electron chi connectivity index (χ2n) is 5.21. The fourth-order valence-electron chi connectivity index (χ4n) is 2.32. The Balaban J connectivity index is 1.96. The standard InChI is InChI=1S/C20H14BrNO2/c21-17-9-6-14(7-10-17)8-11-19-18(20(23)24)12-16(13-22-19)15-4-2-1-3-5-15/h1-13H,(H,23,24)/b11-8+. The molecular weight excluding hydrogens is 366 g/mol. The van der Waals surface area contributed by atoms with Gasteiger partial charge in [0.25, 0.3) is 0 Å². The van der Waals surface area contributed by atoms with Crippen LogP contribution in [0.25, 0.3) is 23.3 Å². The van der Waals surface area contributed by atoms with E-state index in [1.807, 2.05) is 60.7 Å². The number of benzene rings is 2. The summed E-state index contributed by atoms with van der Waals surface area (Å²) in [4.78, 5) is 15.9. The van der Waals surface area contributed by atoms with Gasteiger partial charge in [-0.05, 0) is 35.4 Å². The first-order valence-corrected chi connectivity index (χ1v) is 8.15. The van der Waals surface area contributed by atoms with E-state index in [0.717, 1.165) is 21.2 Å². The van der Waals surface area contributed by atoms with E-state index in [9.17, 15) is 9.90 Å². The lowest BCUT2D eigenvalue weighted by molar-refractivity contribution is 0.0696. The Morgan fingerprint density at radius 1 is 0.958 bits per heavy atom. The van der Waals surface area contributed by atoms with Crippen LogP contribution in [0, 0.1) is 0 Å². The predicted molar refractivity (Wildman–Crippen MR) is 99.7 cm³/mol. The van der Waals surface area contributed by atoms with Crippen molar-refractivity contribution in [1.82, 2.24) is 4.98 Å². The van der Waals surface area contributed by atoms with Crippen molar-refractivity contribution in [3.8, 4) is 11.1 Å². The molecule has 0 spiro atoms. The largest absolute Gasteiger partial charge is 0.478 e. The van der Waals surface area contributed by atoms with Crippen molar-refractivity contribution in [2.24, 2.45) is 0 Å². The lowest BCUT2D eigenvalue weighted by atomic mass is 10.0. The summed E-state index contributed by atoms with van der Waals surface area (Å²) in [5.74, 6) is -0.990. The highest BCUT2D eigenvalue weighted by Crippen LogP contribution is 2.22. The first-order chi connectivity index (χ1) is 11.6. The molecule has 3 aromatic rings. The van der Waals surface area contributed by atoms with Crippen LogP contribution in [0.4, 0.5) is 0 Å². The molecule has 0 unspecified atom stereocenters. The molecule has 0 fully saturated rings. The van der Waals surface area contributed by atoms with Crippen LogP contribution >= 0.6 is 15.9 Å². The average molecular weight is 380 g/mol. The molecule has 1 aromatic heterocycles. The third-order valence-electron chi connectivity index (χ3n) is 3.56. The minimum atomic E-state index is -0.990. The zero-order valence-electron chi connectivity index (χ0n) is 12.7. The molecule has 3 nitrogen and oxygen atoms in total. The summed E-state index contributed by atoms with van der Waals surface area (Å²) >= 11 is 3.39. The number of hydrogen-bond acceptors (Lipinski definition) is 2. The second-order valence-corrected chi connectivity index (χ2v) is 6.13. The molecule has 24 heavy (non-hydrogen) atoms. The normalized spacial score (nSPS) is 10.9. The van der Waals surface area contributed by atoms with E-state index in [4.69, 9.17) is 0 Å². The van der Waals surface area contributed by atoms with E-state index in [-0.39, 0.29) is 5.56 Å². The van der Waals surface area contributed by atoms with Gasteiger partial charge in [-0.15, -0.1) is 0 Å². The van der Waals surface area contributed by atoms with E-state index in [1.165, 1.54) is 0 Å². The Bertz CT molecular complexity index is 887. The lowest BCUT2D eigenvalue weighted by Gasteiger charge is -2.05. The number of halogens is 1. The molecule has 0 aliphatic rings. The van der Waals surface area contributed by atoms with Gasteiger partial charge >= 0.3 is 5.97 Å². The fraction of sp³-hybridized carbons (Fsp3) is 0. The van der Waals surface area contributed by atoms with Crippen LogP contribution in [0.1, 0.15) is 21.6 Å². The molecule has 0 aliphatic carbocycles. The Morgan fingerprint density at radius 2 is 1.67 bits per heavy atom. The summed E-state index contributed by atoms with van der Waals surface area (Å²) in [6, 6.07) is 19.0. The number of rotatable bonds is 4. The first-order valence-electron chi connectivity index (χ1n) is 7.36. The van der Waals surface area contributed by atoms with Crippen molar-refractivity contribution in [2.75, 3.05) is 0 Å². The molecule has 1 N–H and O–H groups in total. The monoisotopic (exact) mass is 379 g/mol. The predicted octanol–water partition coefficient (Wildman–Crippen LogP) is 5.38. The molecule has 0 aliphatic heterocycles. The van der Waals surface area contributed by atoms with Gasteiger partial charge in [0, 0.05) is 16.2 Å². The molecule has 1 heterocycles.